The minimum atomic E-state index is 0.757. The summed E-state index contributed by atoms with van der Waals surface area (Å²) in [5, 5.41) is 6.00. The molecule has 68 valence electrons. The highest BCUT2D eigenvalue weighted by Gasteiger charge is 1.86. The van der Waals surface area contributed by atoms with Gasteiger partial charge < -0.3 is 10.6 Å². The summed E-state index contributed by atoms with van der Waals surface area (Å²) in [6.07, 6.45) is 5.49. The van der Waals surface area contributed by atoms with Crippen molar-refractivity contribution in [2.45, 2.75) is 0 Å². The summed E-state index contributed by atoms with van der Waals surface area (Å²) in [7, 11) is 3.78. The highest BCUT2D eigenvalue weighted by atomic mass is 14.8. The third-order valence-electron chi connectivity index (χ3n) is 1.26. The van der Waals surface area contributed by atoms with Gasteiger partial charge in [0.15, 0.2) is 0 Å². The van der Waals surface area contributed by atoms with Crippen LogP contribution >= 0.6 is 0 Å². The predicted molar refractivity (Wildman–Crippen MR) is 54.6 cm³/mol. The summed E-state index contributed by atoms with van der Waals surface area (Å²) in [5.41, 5.74) is 0.949. The Morgan fingerprint density at radius 2 is 2.17 bits per heavy atom. The molecule has 0 atom stereocenters. The normalized spacial score (nSPS) is 12.3. The summed E-state index contributed by atoms with van der Waals surface area (Å²) in [6, 6.07) is 0. The zero-order valence-electron chi connectivity index (χ0n) is 7.80. The fourth-order valence-corrected chi connectivity index (χ4v) is 0.671. The van der Waals surface area contributed by atoms with Gasteiger partial charge in [-0.05, 0) is 20.2 Å². The van der Waals surface area contributed by atoms with E-state index in [1.54, 1.807) is 12.3 Å². The fourth-order valence-electron chi connectivity index (χ4n) is 0.671. The summed E-state index contributed by atoms with van der Waals surface area (Å²) in [4.78, 5) is 4.18. The zero-order chi connectivity index (χ0) is 9.23. The first-order valence-electron chi connectivity index (χ1n) is 3.98. The second-order valence-corrected chi connectivity index (χ2v) is 2.30. The molecule has 0 aliphatic carbocycles. The molecule has 0 aromatic carbocycles. The van der Waals surface area contributed by atoms with E-state index < -0.39 is 0 Å². The summed E-state index contributed by atoms with van der Waals surface area (Å²) in [5.74, 6) is 0. The second-order valence-electron chi connectivity index (χ2n) is 2.30. The van der Waals surface area contributed by atoms with E-state index in [1.165, 1.54) is 0 Å². The van der Waals surface area contributed by atoms with Crippen molar-refractivity contribution in [3.63, 3.8) is 0 Å². The van der Waals surface area contributed by atoms with Crippen LogP contribution in [0.25, 0.3) is 0 Å². The van der Waals surface area contributed by atoms with E-state index in [4.69, 9.17) is 0 Å². The van der Waals surface area contributed by atoms with Crippen LogP contribution in [0.5, 0.6) is 0 Å². The van der Waals surface area contributed by atoms with Crippen LogP contribution in [0.2, 0.25) is 0 Å². The molecule has 3 nitrogen and oxygen atoms in total. The van der Waals surface area contributed by atoms with Gasteiger partial charge >= 0.3 is 0 Å². The Morgan fingerprint density at radius 1 is 1.42 bits per heavy atom. The van der Waals surface area contributed by atoms with Gasteiger partial charge in [0.25, 0.3) is 0 Å². The molecule has 0 fully saturated rings. The zero-order valence-corrected chi connectivity index (χ0v) is 7.80. The average molecular weight is 167 g/mol. The Morgan fingerprint density at radius 3 is 2.67 bits per heavy atom. The Bertz CT molecular complexity index is 171. The second kappa shape index (κ2) is 8.17. The topological polar surface area (TPSA) is 36.4 Å². The molecular weight excluding hydrogens is 150 g/mol. The molecule has 0 saturated carbocycles. The molecule has 0 spiro atoms. The molecule has 0 aromatic rings. The number of aliphatic imine (C=N–C) groups is 1. The Kier molecular flexibility index (Phi) is 7.54. The van der Waals surface area contributed by atoms with Gasteiger partial charge in [-0.25, -0.2) is 0 Å². The number of nitrogens with one attached hydrogen (secondary N) is 2. The van der Waals surface area contributed by atoms with Crippen molar-refractivity contribution < 1.29 is 0 Å². The third kappa shape index (κ3) is 5.82. The van der Waals surface area contributed by atoms with Crippen LogP contribution in [-0.2, 0) is 0 Å². The third-order valence-corrected chi connectivity index (χ3v) is 1.26. The molecular formula is C9H17N3. The largest absolute Gasteiger partial charge is 0.316 e. The predicted octanol–water partition coefficient (Wildman–Crippen LogP) is 0.566. The van der Waals surface area contributed by atoms with E-state index in [1.807, 2.05) is 20.2 Å². The fraction of sp³-hybridized carbons (Fsp3) is 0.444. The Balaban J connectivity index is 3.83. The van der Waals surface area contributed by atoms with E-state index >= 15 is 0 Å². The van der Waals surface area contributed by atoms with Gasteiger partial charge in [-0.15, -0.1) is 0 Å². The lowest BCUT2D eigenvalue weighted by Gasteiger charge is -1.95. The van der Waals surface area contributed by atoms with E-state index in [9.17, 15) is 0 Å². The van der Waals surface area contributed by atoms with Crippen molar-refractivity contribution in [1.29, 1.82) is 0 Å². The van der Waals surface area contributed by atoms with E-state index in [2.05, 4.69) is 22.2 Å². The van der Waals surface area contributed by atoms with Crippen LogP contribution in [0, 0.1) is 0 Å². The van der Waals surface area contributed by atoms with Gasteiger partial charge in [-0.1, -0.05) is 12.7 Å². The molecule has 12 heavy (non-hydrogen) atoms. The van der Waals surface area contributed by atoms with Gasteiger partial charge in [0.05, 0.1) is 5.71 Å². The molecule has 0 rings (SSSR count). The Labute approximate surface area is 74.3 Å². The van der Waals surface area contributed by atoms with Gasteiger partial charge in [0, 0.05) is 19.3 Å². The van der Waals surface area contributed by atoms with Crippen LogP contribution in [-0.4, -0.2) is 32.9 Å². The molecule has 3 heteroatoms. The lowest BCUT2D eigenvalue weighted by molar-refractivity contribution is 0.917. The number of nitrogens with zero attached hydrogens (tertiary/aromatic N) is 1. The number of hydrogen-bond donors (Lipinski definition) is 2. The molecule has 0 aliphatic heterocycles. The smallest absolute Gasteiger partial charge is 0.0535 e. The highest BCUT2D eigenvalue weighted by Crippen LogP contribution is 1.81. The van der Waals surface area contributed by atoms with E-state index in [0.29, 0.717) is 0 Å². The van der Waals surface area contributed by atoms with Crippen molar-refractivity contribution in [3.05, 3.63) is 24.9 Å². The first-order chi connectivity index (χ1) is 5.85. The van der Waals surface area contributed by atoms with Crippen molar-refractivity contribution in [2.24, 2.45) is 4.99 Å². The maximum atomic E-state index is 4.18. The molecule has 0 bridgehead atoms. The average Bonchev–Trinajstić information content (AvgIpc) is 2.10. The number of likely N-dealkylation sites (N-methyl/N-ethyl adjacent to an activating group) is 1. The van der Waals surface area contributed by atoms with Gasteiger partial charge in [0.1, 0.15) is 0 Å². The first-order valence-corrected chi connectivity index (χ1v) is 3.98. The quantitative estimate of drug-likeness (QED) is 0.567. The van der Waals surface area contributed by atoms with Crippen LogP contribution in [0.3, 0.4) is 0 Å². The maximum absolute atomic E-state index is 4.18. The van der Waals surface area contributed by atoms with Crippen molar-refractivity contribution in [3.8, 4) is 0 Å². The first kappa shape index (κ1) is 11.1. The standard InChI is InChI=1S/C9H17N3/c1-4-9(8-11-3)12-7-5-6-10-2/h4-5,7,10-11H,1,6,8H2,2-3H3/b7-5+,12-9+. The van der Waals surface area contributed by atoms with E-state index in [-0.39, 0.29) is 0 Å². The van der Waals surface area contributed by atoms with Gasteiger partial charge in [-0.3, -0.25) is 4.99 Å². The summed E-state index contributed by atoms with van der Waals surface area (Å²) in [6.45, 7) is 5.26. The van der Waals surface area contributed by atoms with E-state index in [0.717, 1.165) is 18.8 Å². The maximum Gasteiger partial charge on any atom is 0.0535 e. The van der Waals surface area contributed by atoms with Crippen molar-refractivity contribution in [2.75, 3.05) is 27.2 Å². The minimum absolute atomic E-state index is 0.757. The molecule has 0 aliphatic rings. The molecule has 0 amide bonds. The molecule has 0 heterocycles. The lowest BCUT2D eigenvalue weighted by Crippen LogP contribution is -2.16. The van der Waals surface area contributed by atoms with Crippen LogP contribution in [0.1, 0.15) is 0 Å². The van der Waals surface area contributed by atoms with Crippen molar-refractivity contribution in [1.82, 2.24) is 10.6 Å². The van der Waals surface area contributed by atoms with Gasteiger partial charge in [-0.2, -0.15) is 0 Å². The Hall–Kier alpha value is -0.930. The highest BCUT2D eigenvalue weighted by molar-refractivity contribution is 5.96. The van der Waals surface area contributed by atoms with Crippen LogP contribution in [0.15, 0.2) is 29.9 Å². The van der Waals surface area contributed by atoms with Crippen LogP contribution in [0.4, 0.5) is 0 Å². The van der Waals surface area contributed by atoms with Crippen LogP contribution < -0.4 is 10.6 Å². The van der Waals surface area contributed by atoms with Crippen molar-refractivity contribution >= 4 is 5.71 Å². The summed E-state index contributed by atoms with van der Waals surface area (Å²) < 4.78 is 0. The SMILES string of the molecule is C=C/C(CNC)=N\C=C\CNC. The number of hydrogen-bond acceptors (Lipinski definition) is 3. The molecule has 2 N–H and O–H groups in total. The molecule has 0 saturated heterocycles. The van der Waals surface area contributed by atoms with Gasteiger partial charge in [0.2, 0.25) is 0 Å². The minimum Gasteiger partial charge on any atom is -0.316 e. The monoisotopic (exact) mass is 167 g/mol. The molecule has 0 radical (unpaired) electrons. The molecule has 0 unspecified atom stereocenters. The summed E-state index contributed by atoms with van der Waals surface area (Å²) >= 11 is 0. The number of rotatable bonds is 6. The lowest BCUT2D eigenvalue weighted by atomic mass is 10.3. The molecule has 0 aromatic heterocycles.